The van der Waals surface area contributed by atoms with Crippen molar-refractivity contribution in [2.45, 2.75) is 25.5 Å². The molecule has 170 valence electrons. The van der Waals surface area contributed by atoms with Gasteiger partial charge in [0.25, 0.3) is 0 Å². The van der Waals surface area contributed by atoms with Gasteiger partial charge in [-0.3, -0.25) is 4.79 Å². The van der Waals surface area contributed by atoms with Crippen LogP contribution in [0.15, 0.2) is 35.5 Å². The van der Waals surface area contributed by atoms with Crippen LogP contribution in [0.2, 0.25) is 5.02 Å². The van der Waals surface area contributed by atoms with E-state index in [0.29, 0.717) is 39.2 Å². The summed E-state index contributed by atoms with van der Waals surface area (Å²) in [5.41, 5.74) is 2.73. The van der Waals surface area contributed by atoms with Gasteiger partial charge in [0.05, 0.1) is 33.5 Å². The van der Waals surface area contributed by atoms with Crippen LogP contribution >= 0.6 is 11.6 Å². The smallest absolute Gasteiger partial charge is 0.303 e. The van der Waals surface area contributed by atoms with Crippen LogP contribution in [0.5, 0.6) is 23.0 Å². The summed E-state index contributed by atoms with van der Waals surface area (Å²) in [6.45, 7) is 1.29. The van der Waals surface area contributed by atoms with Gasteiger partial charge >= 0.3 is 5.97 Å². The third-order valence-corrected chi connectivity index (χ3v) is 5.58. The lowest BCUT2D eigenvalue weighted by molar-refractivity contribution is -0.146. The third-order valence-electron chi connectivity index (χ3n) is 5.29. The van der Waals surface area contributed by atoms with Gasteiger partial charge < -0.3 is 23.7 Å². The minimum absolute atomic E-state index is 0.282. The molecule has 0 spiro atoms. The van der Waals surface area contributed by atoms with Gasteiger partial charge in [-0.2, -0.15) is 4.91 Å². The molecular weight excluding hydrogens is 438 g/mol. The van der Waals surface area contributed by atoms with Gasteiger partial charge in [-0.05, 0) is 46.5 Å². The van der Waals surface area contributed by atoms with Crippen LogP contribution in [0.25, 0.3) is 11.1 Å². The van der Waals surface area contributed by atoms with Gasteiger partial charge in [-0.25, -0.2) is 0 Å². The highest BCUT2D eigenvalue weighted by atomic mass is 35.5. The molecule has 32 heavy (non-hydrogen) atoms. The molecule has 0 bridgehead atoms. The van der Waals surface area contributed by atoms with E-state index in [1.54, 1.807) is 24.3 Å². The van der Waals surface area contributed by atoms with Gasteiger partial charge in [0.1, 0.15) is 11.9 Å². The first-order chi connectivity index (χ1) is 15.4. The number of hydrogen-bond acceptors (Lipinski definition) is 8. The van der Waals surface area contributed by atoms with Gasteiger partial charge in [-0.1, -0.05) is 22.8 Å². The molecule has 0 fully saturated rings. The van der Waals surface area contributed by atoms with Crippen molar-refractivity contribution in [2.24, 2.45) is 5.18 Å². The van der Waals surface area contributed by atoms with Gasteiger partial charge in [0.15, 0.2) is 17.5 Å². The highest BCUT2D eigenvalue weighted by molar-refractivity contribution is 6.32. The summed E-state index contributed by atoms with van der Waals surface area (Å²) >= 11 is 6.35. The minimum atomic E-state index is -0.933. The number of carbonyl (C=O) groups excluding carboxylic acids is 1. The second-order valence-electron chi connectivity index (χ2n) is 7.06. The Morgan fingerprint density at radius 1 is 0.938 bits per heavy atom. The number of rotatable bonds is 8. The molecule has 0 aromatic heterocycles. The zero-order chi connectivity index (χ0) is 23.4. The van der Waals surface area contributed by atoms with Gasteiger partial charge in [0, 0.05) is 13.3 Å². The Bertz CT molecular complexity index is 1040. The van der Waals surface area contributed by atoms with Crippen molar-refractivity contribution in [1.29, 1.82) is 0 Å². The number of carbonyl (C=O) groups is 1. The van der Waals surface area contributed by atoms with Crippen molar-refractivity contribution in [1.82, 2.24) is 0 Å². The molecule has 2 aromatic carbocycles. The van der Waals surface area contributed by atoms with Crippen LogP contribution in [0.1, 0.15) is 24.5 Å². The van der Waals surface area contributed by atoms with Gasteiger partial charge in [-0.15, -0.1) is 0 Å². The predicted octanol–water partition coefficient (Wildman–Crippen LogP) is 4.76. The van der Waals surface area contributed by atoms with Crippen molar-refractivity contribution in [3.63, 3.8) is 0 Å². The average molecular weight is 462 g/mol. The Morgan fingerprint density at radius 3 is 2.03 bits per heavy atom. The maximum atomic E-state index is 12.0. The number of methoxy groups -OCH3 is 4. The highest BCUT2D eigenvalue weighted by Crippen LogP contribution is 2.48. The Labute approximate surface area is 191 Å². The molecular formula is C23H24ClNO7. The largest absolute Gasteiger partial charge is 0.495 e. The van der Waals surface area contributed by atoms with Crippen LogP contribution in [0.3, 0.4) is 0 Å². The SMILES string of the molecule is COc1ccc(C2=C(c3cc(OC)c(OC)c(OC)c3)C(N=O)C(OC(C)=O)C2)cc1Cl. The van der Waals surface area contributed by atoms with Crippen molar-refractivity contribution in [2.75, 3.05) is 28.4 Å². The lowest BCUT2D eigenvalue weighted by atomic mass is 9.94. The fourth-order valence-electron chi connectivity index (χ4n) is 3.94. The first kappa shape index (κ1) is 23.4. The van der Waals surface area contributed by atoms with E-state index >= 15 is 0 Å². The maximum absolute atomic E-state index is 12.0. The zero-order valence-electron chi connectivity index (χ0n) is 18.4. The molecule has 2 unspecified atom stereocenters. The molecule has 1 aliphatic carbocycles. The average Bonchev–Trinajstić information content (AvgIpc) is 3.15. The first-order valence-electron chi connectivity index (χ1n) is 9.75. The molecule has 0 N–H and O–H groups in total. The van der Waals surface area contributed by atoms with Crippen molar-refractivity contribution >= 4 is 28.7 Å². The van der Waals surface area contributed by atoms with Crippen LogP contribution in [0.4, 0.5) is 0 Å². The van der Waals surface area contributed by atoms with E-state index < -0.39 is 18.1 Å². The van der Waals surface area contributed by atoms with E-state index in [2.05, 4.69) is 5.18 Å². The lowest BCUT2D eigenvalue weighted by Crippen LogP contribution is -2.25. The van der Waals surface area contributed by atoms with E-state index in [9.17, 15) is 9.70 Å². The molecule has 2 aromatic rings. The van der Waals surface area contributed by atoms with Crippen molar-refractivity contribution in [3.8, 4) is 23.0 Å². The molecule has 0 heterocycles. The third kappa shape index (κ3) is 4.36. The Balaban J connectivity index is 2.26. The Hall–Kier alpha value is -3.26. The zero-order valence-corrected chi connectivity index (χ0v) is 19.2. The molecule has 0 aliphatic heterocycles. The molecule has 0 amide bonds. The second-order valence-corrected chi connectivity index (χ2v) is 7.47. The Morgan fingerprint density at radius 2 is 1.56 bits per heavy atom. The van der Waals surface area contributed by atoms with E-state index in [0.717, 1.165) is 11.1 Å². The molecule has 9 heteroatoms. The second kappa shape index (κ2) is 9.91. The number of benzene rings is 2. The quantitative estimate of drug-likeness (QED) is 0.413. The number of esters is 1. The van der Waals surface area contributed by atoms with E-state index in [1.165, 1.54) is 35.4 Å². The van der Waals surface area contributed by atoms with E-state index in [-0.39, 0.29) is 6.42 Å². The van der Waals surface area contributed by atoms with Crippen LogP contribution < -0.4 is 18.9 Å². The molecule has 8 nitrogen and oxygen atoms in total. The number of nitrogens with zero attached hydrogens (tertiary/aromatic N) is 1. The topological polar surface area (TPSA) is 92.7 Å². The van der Waals surface area contributed by atoms with E-state index in [1.807, 2.05) is 6.07 Å². The minimum Gasteiger partial charge on any atom is -0.495 e. The molecule has 0 radical (unpaired) electrons. The summed E-state index contributed by atoms with van der Waals surface area (Å²) in [7, 11) is 6.04. The number of ether oxygens (including phenoxy) is 5. The monoisotopic (exact) mass is 461 g/mol. The Kier molecular flexibility index (Phi) is 7.25. The maximum Gasteiger partial charge on any atom is 0.303 e. The molecule has 0 saturated carbocycles. The highest BCUT2D eigenvalue weighted by Gasteiger charge is 2.40. The van der Waals surface area contributed by atoms with Crippen LogP contribution in [-0.4, -0.2) is 46.6 Å². The number of halogens is 1. The summed E-state index contributed by atoms with van der Waals surface area (Å²) in [6, 6.07) is 7.84. The fraction of sp³-hybridized carbons (Fsp3) is 0.348. The lowest BCUT2D eigenvalue weighted by Gasteiger charge is -2.18. The normalized spacial score (nSPS) is 17.7. The van der Waals surface area contributed by atoms with Crippen molar-refractivity contribution < 1.29 is 28.5 Å². The fourth-order valence-corrected chi connectivity index (χ4v) is 4.19. The first-order valence-corrected chi connectivity index (χ1v) is 10.1. The summed E-state index contributed by atoms with van der Waals surface area (Å²) in [5, 5.41) is 3.72. The standard InChI is InChI=1S/C23H24ClNO7/c1-12(26)32-18-11-15(13-6-7-17(28-2)16(24)8-13)21(22(18)25-27)14-9-19(29-3)23(31-5)20(10-14)30-4/h6-10,18,22H,11H2,1-5H3. The predicted molar refractivity (Wildman–Crippen MR) is 121 cm³/mol. The summed E-state index contributed by atoms with van der Waals surface area (Å²) < 4.78 is 27.0. The molecule has 2 atom stereocenters. The van der Waals surface area contributed by atoms with Gasteiger partial charge in [0.2, 0.25) is 5.75 Å². The molecule has 3 rings (SSSR count). The summed E-state index contributed by atoms with van der Waals surface area (Å²) in [4.78, 5) is 23.6. The van der Waals surface area contributed by atoms with Crippen LogP contribution in [-0.2, 0) is 9.53 Å². The molecule has 1 aliphatic rings. The summed E-state index contributed by atoms with van der Waals surface area (Å²) in [5.74, 6) is 1.27. The van der Waals surface area contributed by atoms with Crippen molar-refractivity contribution in [3.05, 3.63) is 51.4 Å². The van der Waals surface area contributed by atoms with Crippen LogP contribution in [0, 0.1) is 4.91 Å². The number of hydrogen-bond donors (Lipinski definition) is 0. The number of nitroso groups, excluding NO2 is 1. The van der Waals surface area contributed by atoms with E-state index in [4.69, 9.17) is 35.3 Å². The summed E-state index contributed by atoms with van der Waals surface area (Å²) in [6.07, 6.45) is -0.472. The molecule has 0 saturated heterocycles.